The van der Waals surface area contributed by atoms with Gasteiger partial charge in [-0.25, -0.2) is 13.1 Å². The lowest BCUT2D eigenvalue weighted by Crippen LogP contribution is -2.43. The summed E-state index contributed by atoms with van der Waals surface area (Å²) in [6, 6.07) is 0.752. The van der Waals surface area contributed by atoms with Crippen molar-refractivity contribution in [1.82, 2.24) is 10.0 Å². The highest BCUT2D eigenvalue weighted by molar-refractivity contribution is 7.89. The van der Waals surface area contributed by atoms with E-state index >= 15 is 0 Å². The van der Waals surface area contributed by atoms with Crippen LogP contribution < -0.4 is 10.0 Å². The van der Waals surface area contributed by atoms with Gasteiger partial charge in [0.15, 0.2) is 0 Å². The van der Waals surface area contributed by atoms with Gasteiger partial charge in [-0.3, -0.25) is 0 Å². The molecule has 0 radical (unpaired) electrons. The third-order valence-corrected chi connectivity index (χ3v) is 6.54. The number of sulfonamides is 1. The lowest BCUT2D eigenvalue weighted by atomic mass is 9.91. The predicted octanol–water partition coefficient (Wildman–Crippen LogP) is 2.80. The summed E-state index contributed by atoms with van der Waals surface area (Å²) in [6.07, 6.45) is 11.2. The summed E-state index contributed by atoms with van der Waals surface area (Å²) in [7, 11) is -3.09. The fourth-order valence-corrected chi connectivity index (χ4v) is 5.52. The standard InChI is InChI=1S/C16H32N2O2S/c1-2-12-17-15-8-10-16(11-9-15)18-21(19,20)13-14-6-4-3-5-7-14/h14-18H,2-13H2,1H3. The van der Waals surface area contributed by atoms with Crippen LogP contribution in [0.1, 0.15) is 71.1 Å². The SMILES string of the molecule is CCCNC1CCC(NS(=O)(=O)CC2CCCCC2)CC1. The van der Waals surface area contributed by atoms with E-state index in [-0.39, 0.29) is 6.04 Å². The van der Waals surface area contributed by atoms with E-state index in [0.717, 1.165) is 51.5 Å². The Morgan fingerprint density at radius 2 is 1.52 bits per heavy atom. The number of hydrogen-bond donors (Lipinski definition) is 2. The van der Waals surface area contributed by atoms with Crippen molar-refractivity contribution < 1.29 is 8.42 Å². The zero-order chi connectivity index (χ0) is 15.1. The maximum Gasteiger partial charge on any atom is 0.212 e. The molecule has 2 saturated carbocycles. The van der Waals surface area contributed by atoms with E-state index < -0.39 is 10.0 Å². The second-order valence-electron chi connectivity index (χ2n) is 6.91. The van der Waals surface area contributed by atoms with Crippen LogP contribution in [0, 0.1) is 5.92 Å². The van der Waals surface area contributed by atoms with E-state index in [1.165, 1.54) is 19.3 Å². The van der Waals surface area contributed by atoms with Crippen molar-refractivity contribution in [3.63, 3.8) is 0 Å². The summed E-state index contributed by atoms with van der Waals surface area (Å²) in [6.45, 7) is 3.25. The molecule has 0 amide bonds. The average molecular weight is 317 g/mol. The van der Waals surface area contributed by atoms with Crippen LogP contribution in [-0.4, -0.2) is 32.8 Å². The second-order valence-corrected chi connectivity index (χ2v) is 8.70. The first-order valence-corrected chi connectivity index (χ1v) is 10.5. The van der Waals surface area contributed by atoms with Crippen molar-refractivity contribution in [2.45, 2.75) is 83.2 Å². The number of nitrogens with one attached hydrogen (secondary N) is 2. The van der Waals surface area contributed by atoms with Crippen molar-refractivity contribution in [1.29, 1.82) is 0 Å². The van der Waals surface area contributed by atoms with Crippen LogP contribution in [0.2, 0.25) is 0 Å². The van der Waals surface area contributed by atoms with Crippen molar-refractivity contribution >= 4 is 10.0 Å². The first-order chi connectivity index (χ1) is 10.1. The van der Waals surface area contributed by atoms with Crippen LogP contribution in [0.3, 0.4) is 0 Å². The van der Waals surface area contributed by atoms with Gasteiger partial charge in [0.2, 0.25) is 10.0 Å². The van der Waals surface area contributed by atoms with E-state index in [9.17, 15) is 8.42 Å². The highest BCUT2D eigenvalue weighted by Gasteiger charge is 2.27. The summed E-state index contributed by atoms with van der Waals surface area (Å²) in [5.41, 5.74) is 0. The second kappa shape index (κ2) is 8.49. The lowest BCUT2D eigenvalue weighted by molar-refractivity contribution is 0.328. The van der Waals surface area contributed by atoms with Crippen LogP contribution >= 0.6 is 0 Å². The molecule has 0 aromatic carbocycles. The van der Waals surface area contributed by atoms with Gasteiger partial charge in [0.25, 0.3) is 0 Å². The third-order valence-electron chi connectivity index (χ3n) is 4.94. The molecule has 21 heavy (non-hydrogen) atoms. The molecular weight excluding hydrogens is 284 g/mol. The molecule has 0 aliphatic heterocycles. The van der Waals surface area contributed by atoms with Crippen LogP contribution in [-0.2, 0) is 10.0 Å². The first-order valence-electron chi connectivity index (χ1n) is 8.82. The molecule has 2 rings (SSSR count). The topological polar surface area (TPSA) is 58.2 Å². The number of hydrogen-bond acceptors (Lipinski definition) is 3. The van der Waals surface area contributed by atoms with Gasteiger partial charge >= 0.3 is 0 Å². The summed E-state index contributed by atoms with van der Waals surface area (Å²) >= 11 is 0. The summed E-state index contributed by atoms with van der Waals surface area (Å²) < 4.78 is 27.6. The molecule has 0 aromatic rings. The Hall–Kier alpha value is -0.130. The molecule has 0 heterocycles. The molecule has 0 bridgehead atoms. The zero-order valence-electron chi connectivity index (χ0n) is 13.4. The fraction of sp³-hybridized carbons (Fsp3) is 1.00. The van der Waals surface area contributed by atoms with Crippen molar-refractivity contribution in [3.05, 3.63) is 0 Å². The molecule has 2 aliphatic rings. The van der Waals surface area contributed by atoms with E-state index in [1.807, 2.05) is 0 Å². The molecule has 124 valence electrons. The molecule has 0 aromatic heterocycles. The molecule has 0 spiro atoms. The number of rotatable bonds is 7. The van der Waals surface area contributed by atoms with Gasteiger partial charge < -0.3 is 5.32 Å². The fourth-order valence-electron chi connectivity index (χ4n) is 3.73. The maximum atomic E-state index is 12.3. The maximum absolute atomic E-state index is 12.3. The normalized spacial score (nSPS) is 28.6. The van der Waals surface area contributed by atoms with Crippen LogP contribution in [0.4, 0.5) is 0 Å². The Morgan fingerprint density at radius 1 is 0.905 bits per heavy atom. The summed E-state index contributed by atoms with van der Waals surface area (Å²) in [4.78, 5) is 0. The Morgan fingerprint density at radius 3 is 2.14 bits per heavy atom. The Balaban J connectivity index is 1.71. The molecule has 0 unspecified atom stereocenters. The van der Waals surface area contributed by atoms with E-state index in [1.54, 1.807) is 0 Å². The molecular formula is C16H32N2O2S. The largest absolute Gasteiger partial charge is 0.314 e. The molecule has 5 heteroatoms. The van der Waals surface area contributed by atoms with Gasteiger partial charge in [0.1, 0.15) is 0 Å². The highest BCUT2D eigenvalue weighted by atomic mass is 32.2. The van der Waals surface area contributed by atoms with Gasteiger partial charge in [-0.1, -0.05) is 26.2 Å². The van der Waals surface area contributed by atoms with Gasteiger partial charge in [0, 0.05) is 12.1 Å². The molecule has 2 fully saturated rings. The van der Waals surface area contributed by atoms with Gasteiger partial charge in [0.05, 0.1) is 5.75 Å². The minimum Gasteiger partial charge on any atom is -0.314 e. The van der Waals surface area contributed by atoms with E-state index in [0.29, 0.717) is 17.7 Å². The molecule has 0 atom stereocenters. The Bertz CT molecular complexity index is 383. The van der Waals surface area contributed by atoms with Crippen molar-refractivity contribution in [2.24, 2.45) is 5.92 Å². The Kier molecular flexibility index (Phi) is 6.96. The van der Waals surface area contributed by atoms with Crippen molar-refractivity contribution in [3.8, 4) is 0 Å². The van der Waals surface area contributed by atoms with E-state index in [2.05, 4.69) is 17.0 Å². The predicted molar refractivity (Wildman–Crippen MR) is 87.8 cm³/mol. The molecule has 2 aliphatic carbocycles. The quantitative estimate of drug-likeness (QED) is 0.759. The zero-order valence-corrected chi connectivity index (χ0v) is 14.3. The van der Waals surface area contributed by atoms with Crippen LogP contribution in [0.5, 0.6) is 0 Å². The highest BCUT2D eigenvalue weighted by Crippen LogP contribution is 2.25. The van der Waals surface area contributed by atoms with Gasteiger partial charge in [-0.15, -0.1) is 0 Å². The summed E-state index contributed by atoms with van der Waals surface area (Å²) in [5, 5.41) is 3.54. The monoisotopic (exact) mass is 316 g/mol. The van der Waals surface area contributed by atoms with Crippen LogP contribution in [0.25, 0.3) is 0 Å². The van der Waals surface area contributed by atoms with Crippen molar-refractivity contribution in [2.75, 3.05) is 12.3 Å². The minimum atomic E-state index is -3.09. The Labute approximate surface area is 130 Å². The minimum absolute atomic E-state index is 0.165. The molecule has 2 N–H and O–H groups in total. The van der Waals surface area contributed by atoms with Gasteiger partial charge in [-0.05, 0) is 57.4 Å². The molecule has 0 saturated heterocycles. The van der Waals surface area contributed by atoms with Crippen LogP contribution in [0.15, 0.2) is 0 Å². The smallest absolute Gasteiger partial charge is 0.212 e. The van der Waals surface area contributed by atoms with Gasteiger partial charge in [-0.2, -0.15) is 0 Å². The first kappa shape index (κ1) is 17.2. The molecule has 4 nitrogen and oxygen atoms in total. The third kappa shape index (κ3) is 6.25. The van der Waals surface area contributed by atoms with E-state index in [4.69, 9.17) is 0 Å². The lowest BCUT2D eigenvalue weighted by Gasteiger charge is -2.30. The summed E-state index contributed by atoms with van der Waals surface area (Å²) in [5.74, 6) is 0.736. The average Bonchev–Trinajstić information content (AvgIpc) is 2.47.